The maximum Gasteiger partial charge on any atom is 0.153 e. The predicted molar refractivity (Wildman–Crippen MR) is 47.1 cm³/mol. The summed E-state index contributed by atoms with van der Waals surface area (Å²) in [4.78, 5) is 4.48. The molecule has 0 bridgehead atoms. The van der Waals surface area contributed by atoms with Crippen LogP contribution in [0.5, 0.6) is 0 Å². The SMILES string of the molecule is CCC(C)c1n[nH]c(C2CC2)n1. The van der Waals surface area contributed by atoms with Gasteiger partial charge in [0.15, 0.2) is 5.82 Å². The van der Waals surface area contributed by atoms with Crippen LogP contribution in [0, 0.1) is 0 Å². The summed E-state index contributed by atoms with van der Waals surface area (Å²) in [6.45, 7) is 4.33. The second kappa shape index (κ2) is 2.88. The van der Waals surface area contributed by atoms with E-state index in [1.165, 1.54) is 12.8 Å². The van der Waals surface area contributed by atoms with Crippen molar-refractivity contribution >= 4 is 0 Å². The summed E-state index contributed by atoms with van der Waals surface area (Å²) in [6, 6.07) is 0. The van der Waals surface area contributed by atoms with Crippen LogP contribution >= 0.6 is 0 Å². The third-order valence-corrected chi connectivity index (χ3v) is 2.54. The van der Waals surface area contributed by atoms with Crippen molar-refractivity contribution in [2.75, 3.05) is 0 Å². The molecule has 1 aliphatic carbocycles. The molecule has 3 nitrogen and oxygen atoms in total. The average molecular weight is 165 g/mol. The van der Waals surface area contributed by atoms with E-state index < -0.39 is 0 Å². The average Bonchev–Trinajstić information content (AvgIpc) is 2.83. The molecule has 0 aromatic carbocycles. The van der Waals surface area contributed by atoms with Crippen LogP contribution in [0.1, 0.15) is 56.6 Å². The lowest BCUT2D eigenvalue weighted by molar-refractivity contribution is 0.682. The first-order valence-corrected chi connectivity index (χ1v) is 4.73. The van der Waals surface area contributed by atoms with Gasteiger partial charge in [0.1, 0.15) is 5.82 Å². The molecule has 1 fully saturated rings. The van der Waals surface area contributed by atoms with Gasteiger partial charge in [-0.25, -0.2) is 4.98 Å². The minimum Gasteiger partial charge on any atom is -0.263 e. The number of aromatic nitrogens is 3. The number of nitrogens with zero attached hydrogens (tertiary/aromatic N) is 2. The third-order valence-electron chi connectivity index (χ3n) is 2.54. The van der Waals surface area contributed by atoms with Gasteiger partial charge < -0.3 is 0 Å². The molecule has 66 valence electrons. The zero-order valence-corrected chi connectivity index (χ0v) is 7.67. The molecule has 0 spiro atoms. The molecule has 3 heteroatoms. The van der Waals surface area contributed by atoms with E-state index in [4.69, 9.17) is 0 Å². The van der Waals surface area contributed by atoms with E-state index in [1.807, 2.05) is 0 Å². The Labute approximate surface area is 72.6 Å². The molecule has 0 aliphatic heterocycles. The van der Waals surface area contributed by atoms with Crippen LogP contribution in [0.3, 0.4) is 0 Å². The Morgan fingerprint density at radius 3 is 2.92 bits per heavy atom. The Morgan fingerprint density at radius 2 is 2.33 bits per heavy atom. The van der Waals surface area contributed by atoms with Gasteiger partial charge in [0.25, 0.3) is 0 Å². The van der Waals surface area contributed by atoms with E-state index in [0.717, 1.165) is 18.1 Å². The van der Waals surface area contributed by atoms with Crippen LogP contribution in [0.4, 0.5) is 0 Å². The molecule has 0 amide bonds. The Bertz CT molecular complexity index is 262. The summed E-state index contributed by atoms with van der Waals surface area (Å²) in [5.41, 5.74) is 0. The maximum absolute atomic E-state index is 4.48. The van der Waals surface area contributed by atoms with Gasteiger partial charge in [-0.3, -0.25) is 5.10 Å². The van der Waals surface area contributed by atoms with Gasteiger partial charge >= 0.3 is 0 Å². The first-order chi connectivity index (χ1) is 5.81. The maximum atomic E-state index is 4.48. The van der Waals surface area contributed by atoms with E-state index in [2.05, 4.69) is 29.0 Å². The number of aromatic amines is 1. The fraction of sp³-hybridized carbons (Fsp3) is 0.778. The summed E-state index contributed by atoms with van der Waals surface area (Å²) in [5, 5.41) is 7.23. The lowest BCUT2D eigenvalue weighted by Crippen LogP contribution is -1.93. The zero-order chi connectivity index (χ0) is 8.55. The van der Waals surface area contributed by atoms with E-state index in [1.54, 1.807) is 0 Å². The highest BCUT2D eigenvalue weighted by atomic mass is 15.2. The molecule has 1 N–H and O–H groups in total. The van der Waals surface area contributed by atoms with E-state index in [9.17, 15) is 0 Å². The predicted octanol–water partition coefficient (Wildman–Crippen LogP) is 2.20. The lowest BCUT2D eigenvalue weighted by Gasteiger charge is -1.99. The van der Waals surface area contributed by atoms with Gasteiger partial charge in [0.05, 0.1) is 0 Å². The number of nitrogens with one attached hydrogen (secondary N) is 1. The van der Waals surface area contributed by atoms with Gasteiger partial charge in [-0.15, -0.1) is 0 Å². The van der Waals surface area contributed by atoms with Crippen LogP contribution in [-0.2, 0) is 0 Å². The molecule has 1 aromatic heterocycles. The summed E-state index contributed by atoms with van der Waals surface area (Å²) in [7, 11) is 0. The van der Waals surface area contributed by atoms with Crippen molar-refractivity contribution in [2.24, 2.45) is 0 Å². The van der Waals surface area contributed by atoms with Crippen LogP contribution in [-0.4, -0.2) is 15.2 Å². The standard InChI is InChI=1S/C9H15N3/c1-3-6(2)8-10-9(12-11-8)7-4-5-7/h6-7H,3-5H2,1-2H3,(H,10,11,12). The fourth-order valence-electron chi connectivity index (χ4n) is 1.23. The first-order valence-electron chi connectivity index (χ1n) is 4.73. The Hall–Kier alpha value is -0.860. The van der Waals surface area contributed by atoms with Gasteiger partial charge in [-0.1, -0.05) is 13.8 Å². The Balaban J connectivity index is 2.12. The molecule has 1 atom stereocenters. The van der Waals surface area contributed by atoms with Crippen molar-refractivity contribution in [1.29, 1.82) is 0 Å². The molecule has 0 saturated heterocycles. The number of hydrogen-bond acceptors (Lipinski definition) is 2. The second-order valence-electron chi connectivity index (χ2n) is 3.66. The summed E-state index contributed by atoms with van der Waals surface area (Å²) in [5.74, 6) is 3.27. The van der Waals surface area contributed by atoms with Gasteiger partial charge in [-0.05, 0) is 19.3 Å². The molecule has 12 heavy (non-hydrogen) atoms. The molecule has 1 unspecified atom stereocenters. The smallest absolute Gasteiger partial charge is 0.153 e. The van der Waals surface area contributed by atoms with Crippen LogP contribution < -0.4 is 0 Å². The van der Waals surface area contributed by atoms with Crippen LogP contribution in [0.25, 0.3) is 0 Å². The van der Waals surface area contributed by atoms with Crippen molar-refractivity contribution < 1.29 is 0 Å². The van der Waals surface area contributed by atoms with Crippen molar-refractivity contribution in [3.05, 3.63) is 11.6 Å². The number of hydrogen-bond donors (Lipinski definition) is 1. The molecule has 1 heterocycles. The van der Waals surface area contributed by atoms with Crippen molar-refractivity contribution in [2.45, 2.75) is 44.9 Å². The number of rotatable bonds is 3. The molecular formula is C9H15N3. The van der Waals surface area contributed by atoms with Crippen molar-refractivity contribution in [3.63, 3.8) is 0 Å². The first kappa shape index (κ1) is 7.77. The summed E-state index contributed by atoms with van der Waals surface area (Å²) < 4.78 is 0. The van der Waals surface area contributed by atoms with Gasteiger partial charge in [0.2, 0.25) is 0 Å². The minimum atomic E-state index is 0.494. The quantitative estimate of drug-likeness (QED) is 0.746. The van der Waals surface area contributed by atoms with Gasteiger partial charge in [0, 0.05) is 11.8 Å². The van der Waals surface area contributed by atoms with Crippen molar-refractivity contribution in [1.82, 2.24) is 15.2 Å². The Kier molecular flexibility index (Phi) is 1.87. The lowest BCUT2D eigenvalue weighted by atomic mass is 10.1. The molecule has 0 radical (unpaired) electrons. The number of H-pyrrole nitrogens is 1. The topological polar surface area (TPSA) is 41.6 Å². The van der Waals surface area contributed by atoms with Crippen LogP contribution in [0.15, 0.2) is 0 Å². The molecular weight excluding hydrogens is 150 g/mol. The zero-order valence-electron chi connectivity index (χ0n) is 7.67. The molecule has 1 aromatic rings. The van der Waals surface area contributed by atoms with Crippen LogP contribution in [0.2, 0.25) is 0 Å². The fourth-order valence-corrected chi connectivity index (χ4v) is 1.23. The monoisotopic (exact) mass is 165 g/mol. The highest BCUT2D eigenvalue weighted by Gasteiger charge is 2.27. The molecule has 1 saturated carbocycles. The minimum absolute atomic E-state index is 0.494. The third kappa shape index (κ3) is 1.36. The Morgan fingerprint density at radius 1 is 1.58 bits per heavy atom. The highest BCUT2D eigenvalue weighted by molar-refractivity contribution is 5.06. The van der Waals surface area contributed by atoms with E-state index in [-0.39, 0.29) is 0 Å². The second-order valence-corrected chi connectivity index (χ2v) is 3.66. The largest absolute Gasteiger partial charge is 0.263 e. The summed E-state index contributed by atoms with van der Waals surface area (Å²) >= 11 is 0. The van der Waals surface area contributed by atoms with Gasteiger partial charge in [-0.2, -0.15) is 5.10 Å². The van der Waals surface area contributed by atoms with Crippen molar-refractivity contribution in [3.8, 4) is 0 Å². The normalized spacial score (nSPS) is 19.5. The molecule has 1 aliphatic rings. The summed E-state index contributed by atoms with van der Waals surface area (Å²) in [6.07, 6.45) is 3.69. The van der Waals surface area contributed by atoms with E-state index in [0.29, 0.717) is 11.8 Å². The van der Waals surface area contributed by atoms with E-state index >= 15 is 0 Å². The highest BCUT2D eigenvalue weighted by Crippen LogP contribution is 2.38. The molecule has 2 rings (SSSR count).